The summed E-state index contributed by atoms with van der Waals surface area (Å²) in [7, 11) is 3.88. The zero-order chi connectivity index (χ0) is 19.9. The van der Waals surface area contributed by atoms with Gasteiger partial charge < -0.3 is 39.1 Å². The highest BCUT2D eigenvalue weighted by Gasteiger charge is 2.24. The van der Waals surface area contributed by atoms with Crippen LogP contribution in [0.25, 0.3) is 22.1 Å². The molecule has 1 heterocycles. The summed E-state index contributed by atoms with van der Waals surface area (Å²) in [6.45, 7) is 0. The van der Waals surface area contributed by atoms with Crippen LogP contribution >= 0.6 is 0 Å². The van der Waals surface area contributed by atoms with Crippen LogP contribution in [0, 0.1) is 0 Å². The van der Waals surface area contributed by atoms with Gasteiger partial charge in [-0.3, -0.25) is 0 Å². The average molecular weight is 376 g/mol. The summed E-state index contributed by atoms with van der Waals surface area (Å²) in [6, 6.07) is 3.56. The molecule has 1 aromatic heterocycles. The predicted molar refractivity (Wildman–Crippen MR) is 94.2 cm³/mol. The summed E-state index contributed by atoms with van der Waals surface area (Å²) < 4.78 is 20.2. The maximum atomic E-state index is 12.4. The molecular weight excluding hydrogens is 360 g/mol. The molecule has 0 saturated carbocycles. The molecular formula is C18H16O9. The van der Waals surface area contributed by atoms with Gasteiger partial charge in [0, 0.05) is 11.6 Å². The third-order valence-electron chi connectivity index (χ3n) is 4.03. The number of phenolic OH excluding ortho intramolecular Hbond substituents is 3. The third-order valence-corrected chi connectivity index (χ3v) is 4.03. The van der Waals surface area contributed by atoms with Crippen molar-refractivity contribution in [3.05, 3.63) is 28.6 Å². The summed E-state index contributed by atoms with van der Waals surface area (Å²) in [4.78, 5) is 12.4. The number of phenols is 3. The number of aromatic hydroxyl groups is 4. The average Bonchev–Trinajstić information content (AvgIpc) is 2.60. The molecule has 9 nitrogen and oxygen atoms in total. The molecule has 0 aliphatic heterocycles. The first kappa shape index (κ1) is 18.1. The van der Waals surface area contributed by atoms with Crippen LogP contribution in [0.5, 0.6) is 40.2 Å². The van der Waals surface area contributed by atoms with Crippen molar-refractivity contribution >= 4 is 11.0 Å². The Kier molecular flexibility index (Phi) is 4.36. The molecule has 0 fully saturated rings. The quantitative estimate of drug-likeness (QED) is 0.505. The van der Waals surface area contributed by atoms with Crippen LogP contribution in [0.4, 0.5) is 0 Å². The summed E-state index contributed by atoms with van der Waals surface area (Å²) in [5, 5.41) is 40.7. The second kappa shape index (κ2) is 6.52. The highest BCUT2D eigenvalue weighted by atomic mass is 16.5. The number of hydrogen-bond acceptors (Lipinski definition) is 9. The number of rotatable bonds is 4. The molecule has 0 aliphatic carbocycles. The van der Waals surface area contributed by atoms with Crippen LogP contribution in [0.3, 0.4) is 0 Å². The Balaban J connectivity index is 2.40. The summed E-state index contributed by atoms with van der Waals surface area (Å²) in [5.74, 6) is -2.18. The Bertz CT molecular complexity index is 1100. The summed E-state index contributed by atoms with van der Waals surface area (Å²) in [6.07, 6.45) is 0. The number of fused-ring (bicyclic) bond motifs is 1. The molecule has 2 aromatic carbocycles. The van der Waals surface area contributed by atoms with E-state index in [2.05, 4.69) is 0 Å². The minimum atomic E-state index is -0.962. The van der Waals surface area contributed by atoms with E-state index in [1.54, 1.807) is 0 Å². The van der Waals surface area contributed by atoms with Crippen molar-refractivity contribution in [2.24, 2.45) is 0 Å². The maximum absolute atomic E-state index is 12.4. The zero-order valence-electron chi connectivity index (χ0n) is 14.6. The minimum absolute atomic E-state index is 0.0420. The largest absolute Gasteiger partial charge is 0.506 e. The molecule has 3 rings (SSSR count). The van der Waals surface area contributed by atoms with Gasteiger partial charge in [0.25, 0.3) is 0 Å². The molecule has 0 radical (unpaired) electrons. The van der Waals surface area contributed by atoms with Crippen molar-refractivity contribution in [1.82, 2.24) is 0 Å². The van der Waals surface area contributed by atoms with E-state index in [0.717, 1.165) is 6.07 Å². The van der Waals surface area contributed by atoms with Gasteiger partial charge in [-0.2, -0.15) is 0 Å². The van der Waals surface area contributed by atoms with Crippen molar-refractivity contribution in [2.75, 3.05) is 21.3 Å². The molecule has 0 bridgehead atoms. The molecule has 4 N–H and O–H groups in total. The Labute approximate surface area is 152 Å². The molecule has 27 heavy (non-hydrogen) atoms. The highest BCUT2D eigenvalue weighted by molar-refractivity contribution is 5.98. The van der Waals surface area contributed by atoms with Crippen LogP contribution < -0.4 is 19.8 Å². The van der Waals surface area contributed by atoms with Crippen LogP contribution in [0.1, 0.15) is 0 Å². The third kappa shape index (κ3) is 2.69. The van der Waals surface area contributed by atoms with E-state index in [1.807, 2.05) is 0 Å². The van der Waals surface area contributed by atoms with Gasteiger partial charge in [0.1, 0.15) is 22.3 Å². The predicted octanol–water partition coefficient (Wildman–Crippen LogP) is 2.31. The second-order valence-electron chi connectivity index (χ2n) is 5.49. The van der Waals surface area contributed by atoms with Crippen molar-refractivity contribution in [1.29, 1.82) is 0 Å². The molecule has 142 valence electrons. The van der Waals surface area contributed by atoms with Crippen LogP contribution in [-0.4, -0.2) is 41.8 Å². The first-order valence-corrected chi connectivity index (χ1v) is 7.58. The maximum Gasteiger partial charge on any atom is 0.347 e. The highest BCUT2D eigenvalue weighted by Crippen LogP contribution is 2.48. The lowest BCUT2D eigenvalue weighted by molar-refractivity contribution is 0.333. The molecule has 0 atom stereocenters. The second-order valence-corrected chi connectivity index (χ2v) is 5.49. The molecule has 9 heteroatoms. The monoisotopic (exact) mass is 376 g/mol. The van der Waals surface area contributed by atoms with E-state index in [-0.39, 0.29) is 45.1 Å². The SMILES string of the molecule is COc1cc(-c2c(O)c3c(O)c(OC)c(O)cc3oc2=O)cc(O)c1OC. The van der Waals surface area contributed by atoms with Crippen LogP contribution in [-0.2, 0) is 0 Å². The first-order valence-electron chi connectivity index (χ1n) is 7.58. The van der Waals surface area contributed by atoms with E-state index in [1.165, 1.54) is 33.5 Å². The topological polar surface area (TPSA) is 139 Å². The summed E-state index contributed by atoms with van der Waals surface area (Å²) in [5.41, 5.74) is -1.48. The van der Waals surface area contributed by atoms with Gasteiger partial charge in [-0.1, -0.05) is 0 Å². The molecule has 0 amide bonds. The van der Waals surface area contributed by atoms with Gasteiger partial charge in [0.05, 0.1) is 21.3 Å². The van der Waals surface area contributed by atoms with Crippen LogP contribution in [0.15, 0.2) is 27.4 Å². The van der Waals surface area contributed by atoms with Gasteiger partial charge >= 0.3 is 5.63 Å². The lowest BCUT2D eigenvalue weighted by Gasteiger charge is -2.14. The van der Waals surface area contributed by atoms with Crippen molar-refractivity contribution in [2.45, 2.75) is 0 Å². The van der Waals surface area contributed by atoms with E-state index in [4.69, 9.17) is 18.6 Å². The zero-order valence-corrected chi connectivity index (χ0v) is 14.6. The van der Waals surface area contributed by atoms with Gasteiger partial charge in [0.15, 0.2) is 23.0 Å². The number of ether oxygens (including phenoxy) is 3. The van der Waals surface area contributed by atoms with Gasteiger partial charge in [0.2, 0.25) is 11.5 Å². The van der Waals surface area contributed by atoms with Crippen molar-refractivity contribution in [3.8, 4) is 51.4 Å². The number of methoxy groups -OCH3 is 3. The molecule has 3 aromatic rings. The lowest BCUT2D eigenvalue weighted by atomic mass is 10.0. The normalized spacial score (nSPS) is 10.8. The Morgan fingerprint density at radius 3 is 2.04 bits per heavy atom. The van der Waals surface area contributed by atoms with E-state index in [0.29, 0.717) is 0 Å². The fourth-order valence-electron chi connectivity index (χ4n) is 2.84. The fraction of sp³-hybridized carbons (Fsp3) is 0.167. The van der Waals surface area contributed by atoms with E-state index < -0.39 is 22.9 Å². The van der Waals surface area contributed by atoms with E-state index >= 15 is 0 Å². The smallest absolute Gasteiger partial charge is 0.347 e. The van der Waals surface area contributed by atoms with E-state index in [9.17, 15) is 25.2 Å². The number of hydrogen-bond donors (Lipinski definition) is 4. The minimum Gasteiger partial charge on any atom is -0.506 e. The standard InChI is InChI=1S/C18H16O9/c1-24-11-5-7(4-8(19)16(11)25-2)12-14(21)13-10(27-18(12)23)6-9(20)17(26-3)15(13)22/h4-6,19-22H,1-3H3. The molecule has 0 spiro atoms. The molecule has 0 saturated heterocycles. The molecule has 0 unspecified atom stereocenters. The Hall–Kier alpha value is -3.75. The number of benzene rings is 2. The Morgan fingerprint density at radius 2 is 1.44 bits per heavy atom. The molecule has 0 aliphatic rings. The van der Waals surface area contributed by atoms with Gasteiger partial charge in [-0.15, -0.1) is 0 Å². The first-order chi connectivity index (χ1) is 12.8. The summed E-state index contributed by atoms with van der Waals surface area (Å²) >= 11 is 0. The van der Waals surface area contributed by atoms with Gasteiger partial charge in [-0.25, -0.2) is 4.79 Å². The Morgan fingerprint density at radius 1 is 0.815 bits per heavy atom. The van der Waals surface area contributed by atoms with Crippen molar-refractivity contribution in [3.63, 3.8) is 0 Å². The van der Waals surface area contributed by atoms with Gasteiger partial charge in [-0.05, 0) is 12.1 Å². The van der Waals surface area contributed by atoms with Crippen LogP contribution in [0.2, 0.25) is 0 Å². The van der Waals surface area contributed by atoms with Crippen molar-refractivity contribution < 1.29 is 39.1 Å². The fourth-order valence-corrected chi connectivity index (χ4v) is 2.84. The lowest BCUT2D eigenvalue weighted by Crippen LogP contribution is -2.04.